The number of carbonyl (C=O) groups is 1. The highest BCUT2D eigenvalue weighted by Gasteiger charge is 2.53. The minimum Gasteiger partial charge on any atom is -0.504 e. The number of hydrogen-bond acceptors (Lipinski definition) is 8. The van der Waals surface area contributed by atoms with E-state index in [0.29, 0.717) is 0 Å². The maximum atomic E-state index is 12.3. The van der Waals surface area contributed by atoms with Gasteiger partial charge in [-0.1, -0.05) is 0 Å². The van der Waals surface area contributed by atoms with Gasteiger partial charge in [0.05, 0.1) is 17.7 Å². The lowest BCUT2D eigenvalue weighted by molar-refractivity contribution is -0.155. The zero-order valence-electron chi connectivity index (χ0n) is 11.7. The molecule has 1 amide bonds. The van der Waals surface area contributed by atoms with E-state index in [0.717, 1.165) is 0 Å². The number of hydrogen-bond donors (Lipinski definition) is 6. The number of rotatable bonds is 0. The van der Waals surface area contributed by atoms with Gasteiger partial charge in [0.1, 0.15) is 18.3 Å². The van der Waals surface area contributed by atoms with Gasteiger partial charge in [-0.15, -0.1) is 0 Å². The van der Waals surface area contributed by atoms with Crippen molar-refractivity contribution in [1.29, 1.82) is 0 Å². The average Bonchev–Trinajstić information content (AvgIpc) is 2.99. The molecule has 0 aromatic heterocycles. The zero-order valence-corrected chi connectivity index (χ0v) is 11.7. The Hall–Kier alpha value is -2.07. The summed E-state index contributed by atoms with van der Waals surface area (Å²) < 4.78 is 10.3. The van der Waals surface area contributed by atoms with Gasteiger partial charge >= 0.3 is 0 Å². The fraction of sp³-hybridized carbons (Fsp3) is 0.500. The third-order valence-corrected chi connectivity index (χ3v) is 4.73. The van der Waals surface area contributed by atoms with Crippen LogP contribution in [0.15, 0.2) is 6.07 Å². The Balaban J connectivity index is 1.91. The van der Waals surface area contributed by atoms with E-state index in [9.17, 15) is 30.3 Å². The lowest BCUT2D eigenvalue weighted by Gasteiger charge is -2.47. The summed E-state index contributed by atoms with van der Waals surface area (Å²) >= 11 is 0. The Morgan fingerprint density at radius 3 is 2.48 bits per heavy atom. The first kappa shape index (κ1) is 14.5. The number of ether oxygens (including phenoxy) is 2. The molecule has 0 bridgehead atoms. The number of nitrogens with one attached hydrogen (secondary N) is 1. The predicted molar refractivity (Wildman–Crippen MR) is 72.3 cm³/mol. The van der Waals surface area contributed by atoms with E-state index in [-0.39, 0.29) is 29.4 Å². The summed E-state index contributed by atoms with van der Waals surface area (Å²) in [5, 5.41) is 52.9. The summed E-state index contributed by atoms with van der Waals surface area (Å²) in [6.07, 6.45) is -6.11. The van der Waals surface area contributed by atoms with Crippen molar-refractivity contribution < 1.29 is 39.8 Å². The number of aliphatic hydroxyl groups is 4. The van der Waals surface area contributed by atoms with Crippen LogP contribution in [-0.2, 0) is 0 Å². The number of benzene rings is 1. The Bertz CT molecular complexity index is 692. The van der Waals surface area contributed by atoms with Crippen molar-refractivity contribution >= 4 is 5.91 Å². The zero-order chi connectivity index (χ0) is 16.5. The molecule has 124 valence electrons. The second kappa shape index (κ2) is 4.71. The van der Waals surface area contributed by atoms with Crippen LogP contribution < -0.4 is 14.8 Å². The van der Waals surface area contributed by atoms with Crippen molar-refractivity contribution in [3.05, 3.63) is 17.2 Å². The van der Waals surface area contributed by atoms with Crippen molar-refractivity contribution in [2.75, 3.05) is 6.79 Å². The van der Waals surface area contributed by atoms with Crippen LogP contribution in [0.1, 0.15) is 21.8 Å². The fourth-order valence-corrected chi connectivity index (χ4v) is 3.58. The Morgan fingerprint density at radius 1 is 1.04 bits per heavy atom. The van der Waals surface area contributed by atoms with Crippen molar-refractivity contribution in [2.24, 2.45) is 0 Å². The number of aliphatic hydroxyl groups excluding tert-OH is 4. The molecule has 1 aromatic carbocycles. The van der Waals surface area contributed by atoms with Gasteiger partial charge in [0.2, 0.25) is 12.5 Å². The highest BCUT2D eigenvalue weighted by Crippen LogP contribution is 2.49. The van der Waals surface area contributed by atoms with Crippen LogP contribution in [0, 0.1) is 0 Å². The molecular weight excluding hydrogens is 310 g/mol. The highest BCUT2D eigenvalue weighted by molar-refractivity contribution is 6.01. The molecule has 9 nitrogen and oxygen atoms in total. The summed E-state index contributed by atoms with van der Waals surface area (Å²) in [6, 6.07) is 0.428. The van der Waals surface area contributed by atoms with E-state index in [1.165, 1.54) is 6.07 Å². The van der Waals surface area contributed by atoms with Crippen molar-refractivity contribution in [3.8, 4) is 17.2 Å². The van der Waals surface area contributed by atoms with Gasteiger partial charge in [0.15, 0.2) is 11.5 Å². The van der Waals surface area contributed by atoms with Gasteiger partial charge in [-0.2, -0.15) is 0 Å². The monoisotopic (exact) mass is 325 g/mol. The minimum absolute atomic E-state index is 0.0313. The molecule has 0 radical (unpaired) electrons. The summed E-state index contributed by atoms with van der Waals surface area (Å²) in [5.41, 5.74) is 0.114. The largest absolute Gasteiger partial charge is 0.504 e. The molecular formula is C14H15NO8. The molecule has 2 heterocycles. The van der Waals surface area contributed by atoms with Crippen LogP contribution in [0.2, 0.25) is 0 Å². The quantitative estimate of drug-likeness (QED) is 0.314. The maximum Gasteiger partial charge on any atom is 0.255 e. The molecule has 1 aromatic rings. The SMILES string of the molecule is O=C1N[C@@H]2[C@@H](O)[C@@H](O)[C@@H](O)[C@@H](O)[C@H]2c2cc3c(c(O)c21)OCO3. The molecule has 1 saturated carbocycles. The van der Waals surface area contributed by atoms with E-state index in [4.69, 9.17) is 9.47 Å². The second-order valence-corrected chi connectivity index (χ2v) is 5.91. The molecule has 9 heteroatoms. The maximum absolute atomic E-state index is 12.3. The second-order valence-electron chi connectivity index (χ2n) is 5.91. The van der Waals surface area contributed by atoms with E-state index >= 15 is 0 Å². The van der Waals surface area contributed by atoms with Crippen molar-refractivity contribution in [2.45, 2.75) is 36.4 Å². The summed E-state index contributed by atoms with van der Waals surface area (Å²) in [6.45, 7) is -0.117. The molecule has 2 aliphatic heterocycles. The van der Waals surface area contributed by atoms with Crippen LogP contribution in [-0.4, -0.2) is 68.7 Å². The number of phenolic OH excluding ortho intramolecular Hbond substituents is 1. The number of carbonyl (C=O) groups excluding carboxylic acids is 1. The third-order valence-electron chi connectivity index (χ3n) is 4.73. The third kappa shape index (κ3) is 1.78. The Morgan fingerprint density at radius 2 is 1.74 bits per heavy atom. The molecule has 0 spiro atoms. The van der Waals surface area contributed by atoms with Crippen molar-refractivity contribution in [1.82, 2.24) is 5.32 Å². The smallest absolute Gasteiger partial charge is 0.255 e. The van der Waals surface area contributed by atoms with Gasteiger partial charge in [-0.25, -0.2) is 0 Å². The molecule has 0 saturated heterocycles. The van der Waals surface area contributed by atoms with Crippen LogP contribution in [0.25, 0.3) is 0 Å². The number of aromatic hydroxyl groups is 1. The van der Waals surface area contributed by atoms with Gasteiger partial charge in [-0.3, -0.25) is 4.79 Å². The highest BCUT2D eigenvalue weighted by atomic mass is 16.7. The summed E-state index contributed by atoms with van der Waals surface area (Å²) in [7, 11) is 0. The van der Waals surface area contributed by atoms with Gasteiger partial charge < -0.3 is 40.3 Å². The first-order chi connectivity index (χ1) is 10.9. The lowest BCUT2D eigenvalue weighted by Crippen LogP contribution is -2.66. The molecule has 3 aliphatic rings. The molecule has 1 fully saturated rings. The predicted octanol–water partition coefficient (Wildman–Crippen LogP) is -2.23. The van der Waals surface area contributed by atoms with E-state index in [1.807, 2.05) is 0 Å². The van der Waals surface area contributed by atoms with E-state index < -0.39 is 48.0 Å². The topological polar surface area (TPSA) is 149 Å². The molecule has 23 heavy (non-hydrogen) atoms. The van der Waals surface area contributed by atoms with Gasteiger partial charge in [0.25, 0.3) is 5.91 Å². The Kier molecular flexibility index (Phi) is 2.97. The standard InChI is InChI=1S/C14H15NO8/c16-8-5-3-1-4-13(23-2-22-4)9(17)6(3)14(21)15-7(5)10(18)12(20)11(8)19/h1,5,7-8,10-12,16-20H,2H2,(H,15,21)/t5-,7-,8-,10+,11-,12+/m0/s1. The number of phenols is 1. The van der Waals surface area contributed by atoms with Crippen LogP contribution in [0.5, 0.6) is 17.2 Å². The summed E-state index contributed by atoms with van der Waals surface area (Å²) in [5.74, 6) is -1.78. The molecule has 6 N–H and O–H groups in total. The molecule has 1 aliphatic carbocycles. The first-order valence-corrected chi connectivity index (χ1v) is 7.10. The van der Waals surface area contributed by atoms with Crippen LogP contribution in [0.3, 0.4) is 0 Å². The Labute approximate surface area is 129 Å². The lowest BCUT2D eigenvalue weighted by atomic mass is 9.70. The van der Waals surface area contributed by atoms with E-state index in [2.05, 4.69) is 5.32 Å². The molecule has 6 atom stereocenters. The van der Waals surface area contributed by atoms with Crippen molar-refractivity contribution in [3.63, 3.8) is 0 Å². The van der Waals surface area contributed by atoms with E-state index in [1.54, 1.807) is 0 Å². The molecule has 0 unspecified atom stereocenters. The first-order valence-electron chi connectivity index (χ1n) is 7.10. The van der Waals surface area contributed by atoms with Gasteiger partial charge in [0, 0.05) is 5.92 Å². The van der Waals surface area contributed by atoms with Crippen LogP contribution >= 0.6 is 0 Å². The van der Waals surface area contributed by atoms with Gasteiger partial charge in [-0.05, 0) is 11.6 Å². The average molecular weight is 325 g/mol. The normalized spacial score (nSPS) is 37.8. The minimum atomic E-state index is -1.60. The molecule has 4 rings (SSSR count). The number of amides is 1. The van der Waals surface area contributed by atoms with Crippen LogP contribution in [0.4, 0.5) is 0 Å². The fourth-order valence-electron chi connectivity index (χ4n) is 3.58. The number of fused-ring (bicyclic) bond motifs is 4. The summed E-state index contributed by atoms with van der Waals surface area (Å²) in [4.78, 5) is 12.3.